The van der Waals surface area contributed by atoms with Gasteiger partial charge in [-0.3, -0.25) is 4.90 Å². The Balaban J connectivity index is 1.88. The molecule has 0 bridgehead atoms. The molecule has 1 aliphatic heterocycles. The molecule has 120 valence electrons. The summed E-state index contributed by atoms with van der Waals surface area (Å²) >= 11 is -0.783. The highest BCUT2D eigenvalue weighted by atomic mass is 32.2. The minimum Gasteiger partial charge on any atom is -0.616 e. The van der Waals surface area contributed by atoms with Crippen LogP contribution in [0.5, 0.6) is 0 Å². The van der Waals surface area contributed by atoms with Crippen molar-refractivity contribution in [2.45, 2.75) is 32.2 Å². The molecule has 0 saturated carbocycles. The van der Waals surface area contributed by atoms with Crippen molar-refractivity contribution in [3.8, 4) is 0 Å². The van der Waals surface area contributed by atoms with Crippen LogP contribution in [0.25, 0.3) is 0 Å². The zero-order valence-corrected chi connectivity index (χ0v) is 14.1. The van der Waals surface area contributed by atoms with Gasteiger partial charge in [-0.05, 0) is 42.9 Å². The maximum Gasteiger partial charge on any atom is 0.220 e. The lowest BCUT2D eigenvalue weighted by molar-refractivity contribution is 0.149. The molecule has 22 heavy (non-hydrogen) atoms. The summed E-state index contributed by atoms with van der Waals surface area (Å²) in [5.74, 6) is 1.49. The average Bonchev–Trinajstić information content (AvgIpc) is 2.45. The lowest BCUT2D eigenvalue weighted by atomic mass is 9.79. The SMILES string of the molecule is CCCN1CC(C[S+](C)[O-])=C[C@@H]2Cc3nc(N)ncc3C[C@H]21. The van der Waals surface area contributed by atoms with E-state index in [-0.39, 0.29) is 0 Å². The van der Waals surface area contributed by atoms with Gasteiger partial charge in [0.25, 0.3) is 0 Å². The van der Waals surface area contributed by atoms with E-state index < -0.39 is 11.2 Å². The van der Waals surface area contributed by atoms with Gasteiger partial charge in [-0.15, -0.1) is 0 Å². The van der Waals surface area contributed by atoms with Crippen molar-refractivity contribution in [2.75, 3.05) is 30.8 Å². The molecule has 0 radical (unpaired) electrons. The first-order valence-electron chi connectivity index (χ1n) is 7.90. The van der Waals surface area contributed by atoms with Crippen LogP contribution in [0, 0.1) is 5.92 Å². The van der Waals surface area contributed by atoms with Crippen molar-refractivity contribution in [1.82, 2.24) is 14.9 Å². The highest BCUT2D eigenvalue weighted by Crippen LogP contribution is 2.33. The van der Waals surface area contributed by atoms with E-state index in [1.165, 1.54) is 11.1 Å². The fourth-order valence-corrected chi connectivity index (χ4v) is 4.44. The summed E-state index contributed by atoms with van der Waals surface area (Å²) in [7, 11) is 0. The highest BCUT2D eigenvalue weighted by Gasteiger charge is 2.36. The summed E-state index contributed by atoms with van der Waals surface area (Å²) in [6, 6.07) is 0.508. The molecule has 2 N–H and O–H groups in total. The average molecular weight is 320 g/mol. The van der Waals surface area contributed by atoms with Crippen LogP contribution >= 0.6 is 0 Å². The van der Waals surface area contributed by atoms with Crippen molar-refractivity contribution >= 4 is 17.1 Å². The first-order chi connectivity index (χ1) is 10.6. The largest absolute Gasteiger partial charge is 0.616 e. The predicted molar refractivity (Wildman–Crippen MR) is 90.0 cm³/mol. The molecule has 1 aliphatic carbocycles. The Morgan fingerprint density at radius 1 is 1.45 bits per heavy atom. The molecule has 0 fully saturated rings. The highest BCUT2D eigenvalue weighted by molar-refractivity contribution is 7.90. The van der Waals surface area contributed by atoms with E-state index in [0.29, 0.717) is 23.7 Å². The maximum atomic E-state index is 11.6. The second kappa shape index (κ2) is 6.56. The number of nitrogens with zero attached hydrogens (tertiary/aromatic N) is 3. The van der Waals surface area contributed by atoms with E-state index in [9.17, 15) is 4.55 Å². The fraction of sp³-hybridized carbons (Fsp3) is 0.625. The van der Waals surface area contributed by atoms with E-state index >= 15 is 0 Å². The molecule has 3 atom stereocenters. The van der Waals surface area contributed by atoms with Crippen LogP contribution < -0.4 is 5.73 Å². The fourth-order valence-electron chi connectivity index (χ4n) is 3.73. The van der Waals surface area contributed by atoms with Crippen LogP contribution in [0.3, 0.4) is 0 Å². The molecule has 1 aromatic heterocycles. The number of rotatable bonds is 4. The van der Waals surface area contributed by atoms with Crippen LogP contribution in [-0.2, 0) is 24.0 Å². The smallest absolute Gasteiger partial charge is 0.220 e. The standard InChI is InChI=1S/C16H24N4OS/c1-3-4-20-9-11(10-22(2)21)5-12-6-14-13(7-15(12)20)8-18-16(17)19-14/h5,8,12,15H,3-4,6-7,9-10H2,1-2H3,(H2,17,18,19)/t12-,15-,22?/m1/s1. The molecular formula is C16H24N4OS. The molecular weight excluding hydrogens is 296 g/mol. The number of fused-ring (bicyclic) bond motifs is 2. The number of hydrogen-bond acceptors (Lipinski definition) is 5. The third kappa shape index (κ3) is 3.29. The summed E-state index contributed by atoms with van der Waals surface area (Å²) in [5.41, 5.74) is 9.35. The minimum absolute atomic E-state index is 0.359. The van der Waals surface area contributed by atoms with E-state index in [4.69, 9.17) is 5.73 Å². The van der Waals surface area contributed by atoms with Gasteiger partial charge in [-0.1, -0.05) is 24.2 Å². The van der Waals surface area contributed by atoms with Crippen LogP contribution in [0.2, 0.25) is 0 Å². The second-order valence-electron chi connectivity index (χ2n) is 6.35. The van der Waals surface area contributed by atoms with Gasteiger partial charge in [0.15, 0.2) is 0 Å². The van der Waals surface area contributed by atoms with E-state index in [1.54, 1.807) is 6.26 Å². The van der Waals surface area contributed by atoms with Crippen LogP contribution in [0.15, 0.2) is 17.8 Å². The van der Waals surface area contributed by atoms with Gasteiger partial charge in [0.2, 0.25) is 5.95 Å². The minimum atomic E-state index is -0.783. The molecule has 0 amide bonds. The van der Waals surface area contributed by atoms with Gasteiger partial charge in [0.05, 0.1) is 6.26 Å². The molecule has 0 saturated heterocycles. The maximum absolute atomic E-state index is 11.6. The molecule has 0 aromatic carbocycles. The summed E-state index contributed by atoms with van der Waals surface area (Å²) < 4.78 is 11.6. The lowest BCUT2D eigenvalue weighted by Crippen LogP contribution is -2.49. The van der Waals surface area contributed by atoms with Gasteiger partial charge in [-0.25, -0.2) is 9.97 Å². The van der Waals surface area contributed by atoms with Gasteiger partial charge in [-0.2, -0.15) is 0 Å². The van der Waals surface area contributed by atoms with E-state index in [2.05, 4.69) is 27.9 Å². The normalized spacial score (nSPS) is 26.0. The second-order valence-corrected chi connectivity index (χ2v) is 7.79. The van der Waals surface area contributed by atoms with Crippen molar-refractivity contribution < 1.29 is 4.55 Å². The zero-order chi connectivity index (χ0) is 15.7. The van der Waals surface area contributed by atoms with Gasteiger partial charge < -0.3 is 10.3 Å². The Labute approximate surface area is 135 Å². The van der Waals surface area contributed by atoms with Crippen molar-refractivity contribution in [1.29, 1.82) is 0 Å². The Kier molecular flexibility index (Phi) is 4.70. The first-order valence-corrected chi connectivity index (χ1v) is 9.63. The van der Waals surface area contributed by atoms with Crippen molar-refractivity contribution in [3.63, 3.8) is 0 Å². The number of nitrogens with two attached hydrogens (primary N) is 1. The van der Waals surface area contributed by atoms with Crippen LogP contribution in [-0.4, -0.2) is 50.6 Å². The van der Waals surface area contributed by atoms with E-state index in [0.717, 1.165) is 38.0 Å². The molecule has 2 heterocycles. The molecule has 5 nitrogen and oxygen atoms in total. The van der Waals surface area contributed by atoms with Gasteiger partial charge >= 0.3 is 0 Å². The molecule has 2 aliphatic rings. The summed E-state index contributed by atoms with van der Waals surface area (Å²) in [4.78, 5) is 11.1. The monoisotopic (exact) mass is 320 g/mol. The number of anilines is 1. The molecule has 1 aromatic rings. The van der Waals surface area contributed by atoms with Crippen molar-refractivity contribution in [3.05, 3.63) is 29.1 Å². The van der Waals surface area contributed by atoms with E-state index in [1.807, 2.05) is 6.20 Å². The summed E-state index contributed by atoms with van der Waals surface area (Å²) in [6.07, 6.45) is 9.04. The third-order valence-electron chi connectivity index (χ3n) is 4.55. The van der Waals surface area contributed by atoms with Gasteiger partial charge in [0, 0.05) is 24.5 Å². The molecule has 6 heteroatoms. The topological polar surface area (TPSA) is 78.1 Å². The summed E-state index contributed by atoms with van der Waals surface area (Å²) in [6.45, 7) is 4.24. The number of nitrogen functional groups attached to an aromatic ring is 1. The summed E-state index contributed by atoms with van der Waals surface area (Å²) in [5, 5.41) is 0. The number of hydrogen-bond donors (Lipinski definition) is 1. The Morgan fingerprint density at radius 3 is 3.00 bits per heavy atom. The van der Waals surface area contributed by atoms with Crippen LogP contribution in [0.1, 0.15) is 24.6 Å². The first kappa shape index (κ1) is 15.8. The Hall–Kier alpha value is -1.11. The predicted octanol–water partition coefficient (Wildman–Crippen LogP) is 1.17. The molecule has 3 rings (SSSR count). The Morgan fingerprint density at radius 2 is 2.27 bits per heavy atom. The lowest BCUT2D eigenvalue weighted by Gasteiger charge is -2.43. The number of aromatic nitrogens is 2. The van der Waals surface area contributed by atoms with Crippen molar-refractivity contribution in [2.24, 2.45) is 5.92 Å². The third-order valence-corrected chi connectivity index (χ3v) is 5.33. The quantitative estimate of drug-likeness (QED) is 0.665. The Bertz CT molecular complexity index is 575. The molecule has 1 unspecified atom stereocenters. The zero-order valence-electron chi connectivity index (χ0n) is 13.3. The van der Waals surface area contributed by atoms with Gasteiger partial charge in [0.1, 0.15) is 5.75 Å². The van der Waals surface area contributed by atoms with Crippen LogP contribution in [0.4, 0.5) is 5.95 Å². The molecule has 0 spiro atoms.